The van der Waals surface area contributed by atoms with E-state index in [1.54, 1.807) is 12.4 Å². The van der Waals surface area contributed by atoms with Crippen molar-refractivity contribution in [3.8, 4) is 22.5 Å². The Labute approximate surface area is 274 Å². The van der Waals surface area contributed by atoms with Gasteiger partial charge in [0.05, 0.1) is 36.9 Å². The van der Waals surface area contributed by atoms with Crippen LogP contribution in [0.5, 0.6) is 0 Å². The Balaban J connectivity index is 0.984. The van der Waals surface area contributed by atoms with E-state index >= 15 is 0 Å². The van der Waals surface area contributed by atoms with Gasteiger partial charge in [-0.25, -0.2) is 27.5 Å². The summed E-state index contributed by atoms with van der Waals surface area (Å²) >= 11 is 0. The van der Waals surface area contributed by atoms with Gasteiger partial charge in [-0.1, -0.05) is 24.3 Å². The molecule has 5 aromatic rings. The topological polar surface area (TPSA) is 116 Å². The smallest absolute Gasteiger partial charge is 0.248 e. The van der Waals surface area contributed by atoms with Crippen molar-refractivity contribution < 1.29 is 27.2 Å². The molecule has 0 aliphatic heterocycles. The number of hydrogen-bond acceptors (Lipinski definition) is 4. The second kappa shape index (κ2) is 12.7. The number of imidazole rings is 2. The first kappa shape index (κ1) is 31.8. The van der Waals surface area contributed by atoms with Crippen molar-refractivity contribution >= 4 is 33.4 Å². The lowest BCUT2D eigenvalue weighted by molar-refractivity contribution is -0.130. The molecule has 48 heavy (non-hydrogen) atoms. The Hall–Kier alpha value is -4.74. The Bertz CT molecular complexity index is 1820. The number of aromatic nitrogens is 4. The van der Waals surface area contributed by atoms with E-state index in [0.717, 1.165) is 44.1 Å². The molecule has 4 N–H and O–H groups in total. The monoisotopic (exact) mass is 660 g/mol. The molecule has 2 amide bonds. The van der Waals surface area contributed by atoms with E-state index < -0.39 is 23.7 Å². The Morgan fingerprint density at radius 1 is 0.625 bits per heavy atom. The molecule has 12 heteroatoms. The van der Waals surface area contributed by atoms with Gasteiger partial charge in [-0.15, -0.1) is 0 Å². The number of fused-ring (bicyclic) bond motifs is 2. The van der Waals surface area contributed by atoms with Gasteiger partial charge in [0, 0.05) is 48.6 Å². The number of rotatable bonds is 8. The summed E-state index contributed by atoms with van der Waals surface area (Å²) in [5, 5.41) is 9.88. The number of nitrogens with zero attached hydrogens (tertiary/aromatic N) is 2. The number of nitrogens with one attached hydrogen (secondary N) is 4. The molecule has 8 nitrogen and oxygen atoms in total. The number of carbonyl (C=O) groups excluding carboxylic acids is 2. The number of aromatic amines is 2. The van der Waals surface area contributed by atoms with Gasteiger partial charge in [0.2, 0.25) is 23.7 Å². The summed E-state index contributed by atoms with van der Waals surface area (Å²) in [6, 6.07) is 16.5. The first-order valence-corrected chi connectivity index (χ1v) is 16.4. The normalized spacial score (nSPS) is 18.2. The van der Waals surface area contributed by atoms with E-state index in [4.69, 9.17) is 0 Å². The molecule has 3 aromatic carbocycles. The molecule has 2 fully saturated rings. The minimum atomic E-state index is -2.67. The van der Waals surface area contributed by atoms with Gasteiger partial charge in [-0.3, -0.25) is 9.59 Å². The molecule has 2 aliphatic carbocycles. The van der Waals surface area contributed by atoms with Crippen LogP contribution in [-0.4, -0.2) is 43.6 Å². The largest absolute Gasteiger partial charge is 0.349 e. The summed E-state index contributed by atoms with van der Waals surface area (Å²) in [5.74, 6) is -5.37. The third-order valence-corrected chi connectivity index (χ3v) is 9.71. The zero-order chi connectivity index (χ0) is 33.5. The minimum absolute atomic E-state index is 0.191. The van der Waals surface area contributed by atoms with Crippen molar-refractivity contribution in [2.45, 2.75) is 76.3 Å². The number of amides is 2. The molecular weight excluding hydrogens is 624 g/mol. The highest BCUT2D eigenvalue weighted by molar-refractivity contribution is 6.00. The predicted molar refractivity (Wildman–Crippen MR) is 174 cm³/mol. The first-order valence-electron chi connectivity index (χ1n) is 16.4. The highest BCUT2D eigenvalue weighted by Crippen LogP contribution is 2.37. The molecule has 2 saturated carbocycles. The molecule has 0 atom stereocenters. The fourth-order valence-corrected chi connectivity index (χ4v) is 6.77. The molecule has 0 radical (unpaired) electrons. The Morgan fingerprint density at radius 3 is 1.42 bits per heavy atom. The van der Waals surface area contributed by atoms with Gasteiger partial charge < -0.3 is 20.6 Å². The van der Waals surface area contributed by atoms with Crippen LogP contribution in [0.4, 0.5) is 17.6 Å². The van der Waals surface area contributed by atoms with Crippen LogP contribution in [0, 0.1) is 11.8 Å². The van der Waals surface area contributed by atoms with E-state index in [1.165, 1.54) is 0 Å². The van der Waals surface area contributed by atoms with Crippen LogP contribution in [0.2, 0.25) is 0 Å². The van der Waals surface area contributed by atoms with Gasteiger partial charge in [-0.05, 0) is 71.5 Å². The summed E-state index contributed by atoms with van der Waals surface area (Å²) in [5.41, 5.74) is 3.49. The summed E-state index contributed by atoms with van der Waals surface area (Å²) < 4.78 is 53.7. The van der Waals surface area contributed by atoms with E-state index in [0.29, 0.717) is 11.6 Å². The van der Waals surface area contributed by atoms with E-state index in [-0.39, 0.29) is 76.3 Å². The zero-order valence-electron chi connectivity index (χ0n) is 26.2. The van der Waals surface area contributed by atoms with Crippen LogP contribution in [0.3, 0.4) is 0 Å². The van der Waals surface area contributed by atoms with Gasteiger partial charge in [0.25, 0.3) is 0 Å². The number of benzene rings is 3. The SMILES string of the molecule is O=C(NCc1ncc(-c2ccc3cc4cc(-c5cnc(CNC(=O)C6CCC(F)(F)CC6)[nH]5)ccc4cc3c2)[nH]1)C1CCC(F)(F)CC1. The highest BCUT2D eigenvalue weighted by atomic mass is 19.3. The zero-order valence-corrected chi connectivity index (χ0v) is 26.2. The maximum Gasteiger partial charge on any atom is 0.248 e. The van der Waals surface area contributed by atoms with Gasteiger partial charge in [0.15, 0.2) is 0 Å². The van der Waals surface area contributed by atoms with Crippen LogP contribution in [0.15, 0.2) is 60.9 Å². The molecule has 0 spiro atoms. The van der Waals surface area contributed by atoms with Crippen LogP contribution in [0.1, 0.15) is 63.0 Å². The second-order valence-electron chi connectivity index (χ2n) is 13.2. The lowest BCUT2D eigenvalue weighted by Gasteiger charge is -2.27. The number of alkyl halides is 4. The summed E-state index contributed by atoms with van der Waals surface area (Å²) in [6.45, 7) is 0.395. The number of hydrogen-bond donors (Lipinski definition) is 4. The average Bonchev–Trinajstić information content (AvgIpc) is 3.75. The standard InChI is InChI=1S/C36H36F4N6O2/c37-35(38)9-5-21(6-10-35)33(47)43-19-31-41-17-29(45-31)25-3-1-23-13-28-16-26(4-2-24(28)14-27(23)15-25)30-18-42-32(46-30)20-44-34(48)22-7-11-36(39,40)12-8-22/h1-4,13-18,21-22H,5-12,19-20H2,(H,41,45)(H,42,46)(H,43,47)(H,44,48). The lowest BCUT2D eigenvalue weighted by Crippen LogP contribution is -2.35. The Kier molecular flexibility index (Phi) is 8.43. The molecule has 0 saturated heterocycles. The van der Waals surface area contributed by atoms with E-state index in [9.17, 15) is 27.2 Å². The maximum absolute atomic E-state index is 13.4. The molecule has 2 aromatic heterocycles. The van der Waals surface area contributed by atoms with E-state index in [1.807, 2.05) is 24.3 Å². The van der Waals surface area contributed by atoms with Crippen LogP contribution >= 0.6 is 0 Å². The van der Waals surface area contributed by atoms with E-state index in [2.05, 4.69) is 54.8 Å². The minimum Gasteiger partial charge on any atom is -0.349 e. The number of H-pyrrole nitrogens is 2. The van der Waals surface area contributed by atoms with Gasteiger partial charge >= 0.3 is 0 Å². The fraction of sp³-hybridized carbons (Fsp3) is 0.389. The molecule has 7 rings (SSSR count). The number of carbonyl (C=O) groups is 2. The van der Waals surface area contributed by atoms with Crippen molar-refractivity contribution in [2.75, 3.05) is 0 Å². The van der Waals surface area contributed by atoms with Crippen molar-refractivity contribution in [3.05, 3.63) is 72.6 Å². The first-order chi connectivity index (χ1) is 23.0. The molecule has 2 aliphatic rings. The summed E-state index contributed by atoms with van der Waals surface area (Å²) in [4.78, 5) is 40.3. The van der Waals surface area contributed by atoms with Crippen LogP contribution in [-0.2, 0) is 22.7 Å². The molecule has 0 unspecified atom stereocenters. The second-order valence-corrected chi connectivity index (χ2v) is 13.2. The summed E-state index contributed by atoms with van der Waals surface area (Å²) in [7, 11) is 0. The number of halogens is 4. The van der Waals surface area contributed by atoms with Crippen LogP contribution in [0.25, 0.3) is 44.1 Å². The van der Waals surface area contributed by atoms with Gasteiger partial charge in [0.1, 0.15) is 11.6 Å². The molecule has 0 bridgehead atoms. The summed E-state index contributed by atoms with van der Waals surface area (Å²) in [6.07, 6.45) is 3.20. The molecule has 2 heterocycles. The van der Waals surface area contributed by atoms with Crippen LogP contribution < -0.4 is 10.6 Å². The quantitative estimate of drug-likeness (QED) is 0.101. The molecule has 250 valence electrons. The fourth-order valence-electron chi connectivity index (χ4n) is 6.77. The average molecular weight is 661 g/mol. The maximum atomic E-state index is 13.4. The Morgan fingerprint density at radius 2 is 1.02 bits per heavy atom. The lowest BCUT2D eigenvalue weighted by atomic mass is 9.86. The predicted octanol–water partition coefficient (Wildman–Crippen LogP) is 7.66. The van der Waals surface area contributed by atoms with Crippen molar-refractivity contribution in [1.82, 2.24) is 30.6 Å². The van der Waals surface area contributed by atoms with Crippen molar-refractivity contribution in [2.24, 2.45) is 11.8 Å². The molecular formula is C36H36F4N6O2. The third-order valence-electron chi connectivity index (χ3n) is 9.71. The third kappa shape index (κ3) is 7.07. The van der Waals surface area contributed by atoms with Gasteiger partial charge in [-0.2, -0.15) is 0 Å². The van der Waals surface area contributed by atoms with Crippen molar-refractivity contribution in [1.29, 1.82) is 0 Å². The highest BCUT2D eigenvalue weighted by Gasteiger charge is 2.38. The van der Waals surface area contributed by atoms with Crippen molar-refractivity contribution in [3.63, 3.8) is 0 Å².